The molecule has 10 heteroatoms. The maximum Gasteiger partial charge on any atom is 0.417 e. The molecule has 1 heterocycles. The van der Waals surface area contributed by atoms with Crippen LogP contribution in [-0.2, 0) is 22.7 Å². The van der Waals surface area contributed by atoms with E-state index in [2.05, 4.69) is 15.0 Å². The molecular weight excluding hydrogens is 407 g/mol. The van der Waals surface area contributed by atoms with E-state index < -0.39 is 33.2 Å². The molecule has 0 unspecified atom stereocenters. The number of fused-ring (bicyclic) bond motifs is 1. The van der Waals surface area contributed by atoms with Crippen molar-refractivity contribution in [3.8, 4) is 0 Å². The van der Waals surface area contributed by atoms with Crippen molar-refractivity contribution >= 4 is 26.8 Å². The summed E-state index contributed by atoms with van der Waals surface area (Å²) in [5, 5.41) is 2.22. The first-order valence-electron chi connectivity index (χ1n) is 8.39. The van der Waals surface area contributed by atoms with E-state index in [0.29, 0.717) is 5.56 Å². The average molecular weight is 423 g/mol. The lowest BCUT2D eigenvalue weighted by Crippen LogP contribution is -2.26. The number of alkyl halides is 3. The average Bonchev–Trinajstić information content (AvgIpc) is 2.70. The van der Waals surface area contributed by atoms with Gasteiger partial charge in [-0.15, -0.1) is 0 Å². The van der Waals surface area contributed by atoms with Crippen LogP contribution in [0.1, 0.15) is 21.5 Å². The molecule has 3 aromatic rings. The first kappa shape index (κ1) is 20.7. The van der Waals surface area contributed by atoms with Crippen LogP contribution in [0.3, 0.4) is 0 Å². The fraction of sp³-hybridized carbons (Fsp3) is 0.158. The van der Waals surface area contributed by atoms with Crippen molar-refractivity contribution in [3.05, 3.63) is 71.4 Å². The number of rotatable bonds is 5. The lowest BCUT2D eigenvalue weighted by atomic mass is 10.0. The summed E-state index contributed by atoms with van der Waals surface area (Å²) in [7, 11) is -2.42. The van der Waals surface area contributed by atoms with Crippen molar-refractivity contribution in [2.75, 3.05) is 7.05 Å². The highest BCUT2D eigenvalue weighted by atomic mass is 32.2. The smallest absolute Gasteiger partial charge is 0.348 e. The molecule has 0 bridgehead atoms. The Morgan fingerprint density at radius 2 is 1.83 bits per heavy atom. The van der Waals surface area contributed by atoms with Crippen LogP contribution >= 0.6 is 0 Å². The first-order valence-corrected chi connectivity index (χ1v) is 9.87. The number of para-hydroxylation sites is 1. The molecule has 0 aliphatic heterocycles. The molecule has 2 N–H and O–H groups in total. The Balaban J connectivity index is 1.91. The van der Waals surface area contributed by atoms with E-state index in [9.17, 15) is 26.4 Å². The minimum Gasteiger partial charge on any atom is -0.348 e. The first-order chi connectivity index (χ1) is 13.6. The number of nitrogens with one attached hydrogen (secondary N) is 2. The van der Waals surface area contributed by atoms with Gasteiger partial charge in [-0.2, -0.15) is 13.2 Å². The number of nitrogens with zero attached hydrogens (tertiary/aromatic N) is 1. The SMILES string of the molecule is CNS(=O)(=O)c1cccc(CNC(=O)c2cnc3ccccc3c2C(F)(F)F)c1. The largest absolute Gasteiger partial charge is 0.417 e. The van der Waals surface area contributed by atoms with Crippen LogP contribution in [0.5, 0.6) is 0 Å². The summed E-state index contributed by atoms with van der Waals surface area (Å²) in [6, 6.07) is 11.4. The van der Waals surface area contributed by atoms with Gasteiger partial charge < -0.3 is 5.32 Å². The maximum absolute atomic E-state index is 13.6. The second-order valence-corrected chi connectivity index (χ2v) is 7.99. The monoisotopic (exact) mass is 423 g/mol. The Labute approximate surface area is 164 Å². The van der Waals surface area contributed by atoms with E-state index >= 15 is 0 Å². The molecule has 0 saturated carbocycles. The highest BCUT2D eigenvalue weighted by molar-refractivity contribution is 7.89. The molecule has 29 heavy (non-hydrogen) atoms. The van der Waals surface area contributed by atoms with Gasteiger partial charge in [-0.1, -0.05) is 30.3 Å². The zero-order valence-corrected chi connectivity index (χ0v) is 15.9. The fourth-order valence-corrected chi connectivity index (χ4v) is 3.64. The van der Waals surface area contributed by atoms with E-state index in [1.165, 1.54) is 43.4 Å². The zero-order valence-electron chi connectivity index (χ0n) is 15.1. The second-order valence-electron chi connectivity index (χ2n) is 6.10. The highest BCUT2D eigenvalue weighted by Gasteiger charge is 2.37. The number of carbonyl (C=O) groups excluding carboxylic acids is 1. The summed E-state index contributed by atoms with van der Waals surface area (Å²) in [5.41, 5.74) is -1.12. The number of sulfonamides is 1. The van der Waals surface area contributed by atoms with E-state index in [4.69, 9.17) is 0 Å². The molecule has 0 aliphatic carbocycles. The van der Waals surface area contributed by atoms with E-state index in [-0.39, 0.29) is 22.3 Å². The molecule has 1 amide bonds. The summed E-state index contributed by atoms with van der Waals surface area (Å²) in [4.78, 5) is 16.4. The van der Waals surface area contributed by atoms with Crippen molar-refractivity contribution in [1.29, 1.82) is 0 Å². The Hall–Kier alpha value is -2.98. The van der Waals surface area contributed by atoms with Crippen molar-refractivity contribution in [1.82, 2.24) is 15.0 Å². The lowest BCUT2D eigenvalue weighted by Gasteiger charge is -2.15. The molecule has 0 atom stereocenters. The maximum atomic E-state index is 13.6. The van der Waals surface area contributed by atoms with Crippen molar-refractivity contribution in [3.63, 3.8) is 0 Å². The van der Waals surface area contributed by atoms with Crippen LogP contribution in [0.2, 0.25) is 0 Å². The molecule has 0 fully saturated rings. The zero-order chi connectivity index (χ0) is 21.2. The minimum atomic E-state index is -4.75. The van der Waals surface area contributed by atoms with Gasteiger partial charge in [0.1, 0.15) is 0 Å². The van der Waals surface area contributed by atoms with E-state index in [1.807, 2.05) is 0 Å². The van der Waals surface area contributed by atoms with Crippen LogP contribution in [0, 0.1) is 0 Å². The number of hydrogen-bond donors (Lipinski definition) is 2. The molecule has 6 nitrogen and oxygen atoms in total. The molecule has 0 saturated heterocycles. The standard InChI is InChI=1S/C19H16F3N3O3S/c1-23-29(27,28)13-6-4-5-12(9-13)10-25-18(26)15-11-24-16-8-3-2-7-14(16)17(15)19(20,21)22/h2-9,11,23H,10H2,1H3,(H,25,26). The van der Waals surface area contributed by atoms with Crippen molar-refractivity contribution < 1.29 is 26.4 Å². The third-order valence-electron chi connectivity index (χ3n) is 4.23. The Kier molecular flexibility index (Phi) is 5.58. The quantitative estimate of drug-likeness (QED) is 0.660. The summed E-state index contributed by atoms with van der Waals surface area (Å²) in [6.45, 7) is -0.157. The number of carbonyl (C=O) groups is 1. The predicted molar refractivity (Wildman–Crippen MR) is 101 cm³/mol. The van der Waals surface area contributed by atoms with Gasteiger partial charge >= 0.3 is 6.18 Å². The number of aromatic nitrogens is 1. The molecule has 3 rings (SSSR count). The van der Waals surface area contributed by atoms with Crippen molar-refractivity contribution in [2.24, 2.45) is 0 Å². The topological polar surface area (TPSA) is 88.2 Å². The minimum absolute atomic E-state index is 0.0184. The van der Waals surface area contributed by atoms with Gasteiger partial charge in [0.15, 0.2) is 0 Å². The third-order valence-corrected chi connectivity index (χ3v) is 5.65. The van der Waals surface area contributed by atoms with Gasteiger partial charge in [0, 0.05) is 18.1 Å². The molecular formula is C19H16F3N3O3S. The molecule has 1 aromatic heterocycles. The number of hydrogen-bond acceptors (Lipinski definition) is 4. The van der Waals surface area contributed by atoms with E-state index in [0.717, 1.165) is 6.20 Å². The van der Waals surface area contributed by atoms with Gasteiger partial charge in [-0.3, -0.25) is 9.78 Å². The molecule has 2 aromatic carbocycles. The molecule has 152 valence electrons. The van der Waals surface area contributed by atoms with Crippen LogP contribution < -0.4 is 10.0 Å². The summed E-state index contributed by atoms with van der Waals surface area (Å²) < 4.78 is 66.8. The Morgan fingerprint density at radius 3 is 2.52 bits per heavy atom. The number of amides is 1. The van der Waals surface area contributed by atoms with Crippen LogP contribution in [-0.4, -0.2) is 26.4 Å². The van der Waals surface area contributed by atoms with Gasteiger partial charge in [0.05, 0.1) is 21.5 Å². The predicted octanol–water partition coefficient (Wildman–Crippen LogP) is 3.09. The van der Waals surface area contributed by atoms with E-state index in [1.54, 1.807) is 12.1 Å². The second kappa shape index (κ2) is 7.80. The third kappa shape index (κ3) is 4.38. The van der Waals surface area contributed by atoms with Crippen LogP contribution in [0.15, 0.2) is 59.6 Å². The lowest BCUT2D eigenvalue weighted by molar-refractivity contribution is -0.136. The van der Waals surface area contributed by atoms with Crippen LogP contribution in [0.25, 0.3) is 10.9 Å². The summed E-state index contributed by atoms with van der Waals surface area (Å²) >= 11 is 0. The number of benzene rings is 2. The van der Waals surface area contributed by atoms with Gasteiger partial charge in [0.2, 0.25) is 10.0 Å². The van der Waals surface area contributed by atoms with Gasteiger partial charge in [0.25, 0.3) is 5.91 Å². The normalized spacial score (nSPS) is 12.1. The van der Waals surface area contributed by atoms with Gasteiger partial charge in [-0.25, -0.2) is 13.1 Å². The number of pyridine rings is 1. The van der Waals surface area contributed by atoms with Crippen LogP contribution in [0.4, 0.5) is 13.2 Å². The fourth-order valence-electron chi connectivity index (χ4n) is 2.84. The van der Waals surface area contributed by atoms with Crippen molar-refractivity contribution in [2.45, 2.75) is 17.6 Å². The molecule has 0 spiro atoms. The molecule has 0 radical (unpaired) electrons. The molecule has 0 aliphatic rings. The Bertz CT molecular complexity index is 1180. The van der Waals surface area contributed by atoms with Gasteiger partial charge in [-0.05, 0) is 30.8 Å². The Morgan fingerprint density at radius 1 is 1.10 bits per heavy atom. The number of halogens is 3. The summed E-state index contributed by atoms with van der Waals surface area (Å²) in [5.74, 6) is -0.961. The summed E-state index contributed by atoms with van der Waals surface area (Å²) in [6.07, 6.45) is -3.86. The highest BCUT2D eigenvalue weighted by Crippen LogP contribution is 2.36.